The van der Waals surface area contributed by atoms with Gasteiger partial charge in [-0.3, -0.25) is 3.97 Å². The van der Waals surface area contributed by atoms with Crippen LogP contribution in [-0.2, 0) is 0 Å². The summed E-state index contributed by atoms with van der Waals surface area (Å²) in [6, 6.07) is 4.68. The van der Waals surface area contributed by atoms with Crippen LogP contribution in [0.5, 0.6) is 0 Å². The molecule has 4 nitrogen and oxygen atoms in total. The van der Waals surface area contributed by atoms with Gasteiger partial charge < -0.3 is 5.73 Å². The summed E-state index contributed by atoms with van der Waals surface area (Å²) in [7, 11) is 1.16. The Kier molecular flexibility index (Phi) is 8.92. The summed E-state index contributed by atoms with van der Waals surface area (Å²) in [5, 5.41) is 9.40. The quantitative estimate of drug-likeness (QED) is 0.405. The van der Waals surface area contributed by atoms with Crippen LogP contribution in [0.15, 0.2) is 24.4 Å². The second-order valence-corrected chi connectivity index (χ2v) is 6.30. The van der Waals surface area contributed by atoms with Gasteiger partial charge in [-0.2, -0.15) is 5.26 Å². The van der Waals surface area contributed by atoms with E-state index in [4.69, 9.17) is 5.73 Å². The van der Waals surface area contributed by atoms with E-state index in [9.17, 15) is 18.4 Å². The molecule has 2 aromatic heterocycles. The lowest BCUT2D eigenvalue weighted by molar-refractivity contribution is 0.590. The van der Waals surface area contributed by atoms with Crippen molar-refractivity contribution in [3.63, 3.8) is 0 Å². The minimum atomic E-state index is -0.824. The van der Waals surface area contributed by atoms with Crippen molar-refractivity contribution in [1.29, 1.82) is 5.26 Å². The number of nitriles is 1. The van der Waals surface area contributed by atoms with E-state index in [0.29, 0.717) is 5.56 Å². The van der Waals surface area contributed by atoms with E-state index in [2.05, 4.69) is 4.98 Å². The molecule has 9 heteroatoms. The van der Waals surface area contributed by atoms with Gasteiger partial charge in [0.15, 0.2) is 17.5 Å². The first-order chi connectivity index (χ1) is 13.0. The van der Waals surface area contributed by atoms with Gasteiger partial charge in [0, 0.05) is 53.5 Å². The minimum absolute atomic E-state index is 0.0705. The average molecular weight is 506 g/mol. The van der Waals surface area contributed by atoms with Crippen molar-refractivity contribution in [2.24, 2.45) is 0 Å². The Bertz CT molecular complexity index is 983. The molecule has 0 saturated heterocycles. The SMILES string of the molecule is CC.CC.N#Cc1cc(F)c(N)nc1-c1cn(SI)c2c(F)cc(F)cc12. The average Bonchev–Trinajstić information content (AvgIpc) is 3.05. The van der Waals surface area contributed by atoms with E-state index in [1.807, 2.05) is 55.0 Å². The second kappa shape index (κ2) is 10.4. The summed E-state index contributed by atoms with van der Waals surface area (Å²) in [6.07, 6.45) is 1.50. The molecule has 0 aliphatic carbocycles. The van der Waals surface area contributed by atoms with Gasteiger partial charge in [-0.1, -0.05) is 27.7 Å². The summed E-state index contributed by atoms with van der Waals surface area (Å²) in [4.78, 5) is 3.88. The molecule has 144 valence electrons. The third-order valence-corrected chi connectivity index (χ3v) is 4.95. The molecule has 27 heavy (non-hydrogen) atoms. The summed E-state index contributed by atoms with van der Waals surface area (Å²) in [5.41, 5.74) is 5.92. The molecule has 3 rings (SSSR count). The highest BCUT2D eigenvalue weighted by Crippen LogP contribution is 2.37. The molecular weight excluding hydrogens is 488 g/mol. The van der Waals surface area contributed by atoms with Crippen molar-refractivity contribution in [2.45, 2.75) is 27.7 Å². The van der Waals surface area contributed by atoms with E-state index < -0.39 is 17.5 Å². The topological polar surface area (TPSA) is 67.6 Å². The van der Waals surface area contributed by atoms with Gasteiger partial charge >= 0.3 is 0 Å². The van der Waals surface area contributed by atoms with E-state index in [-0.39, 0.29) is 28.0 Å². The van der Waals surface area contributed by atoms with E-state index >= 15 is 0 Å². The Hall–Kier alpha value is -1.93. The number of benzene rings is 1. The van der Waals surface area contributed by atoms with Crippen LogP contribution in [0.25, 0.3) is 22.2 Å². The smallest absolute Gasteiger partial charge is 0.166 e. The first-order valence-electron chi connectivity index (χ1n) is 8.12. The third-order valence-electron chi connectivity index (χ3n) is 3.24. The molecule has 0 radical (unpaired) electrons. The van der Waals surface area contributed by atoms with E-state index in [1.54, 1.807) is 0 Å². The highest BCUT2D eigenvalue weighted by atomic mass is 127. The number of pyridine rings is 1. The second-order valence-electron chi connectivity index (χ2n) is 4.58. The molecule has 2 heterocycles. The van der Waals surface area contributed by atoms with Crippen molar-refractivity contribution in [2.75, 3.05) is 5.73 Å². The van der Waals surface area contributed by atoms with Crippen LogP contribution in [0.3, 0.4) is 0 Å². The highest BCUT2D eigenvalue weighted by molar-refractivity contribution is 14.2. The lowest BCUT2D eigenvalue weighted by Crippen LogP contribution is -1.99. The molecule has 1 aromatic carbocycles. The Balaban J connectivity index is 0.000000855. The van der Waals surface area contributed by atoms with Crippen LogP contribution < -0.4 is 5.73 Å². The van der Waals surface area contributed by atoms with Gasteiger partial charge in [0.1, 0.15) is 11.9 Å². The number of rotatable bonds is 2. The predicted octanol–water partition coefficient (Wildman–Crippen LogP) is 6.47. The molecule has 0 saturated carbocycles. The maximum absolute atomic E-state index is 14.1. The molecule has 0 aliphatic rings. The first kappa shape index (κ1) is 23.1. The fourth-order valence-corrected chi connectivity index (χ4v) is 3.62. The van der Waals surface area contributed by atoms with Gasteiger partial charge in [-0.15, -0.1) is 0 Å². The number of fused-ring (bicyclic) bond motifs is 1. The molecule has 0 amide bonds. The summed E-state index contributed by atoms with van der Waals surface area (Å²) in [5.74, 6) is -2.72. The fraction of sp³-hybridized carbons (Fsp3) is 0.222. The third kappa shape index (κ3) is 4.68. The largest absolute Gasteiger partial charge is 0.381 e. The zero-order chi connectivity index (χ0) is 20.7. The number of halogens is 4. The number of nitrogens with zero attached hydrogens (tertiary/aromatic N) is 3. The molecule has 0 fully saturated rings. The number of hydrogen-bond donors (Lipinski definition) is 1. The van der Waals surface area contributed by atoms with Crippen LogP contribution in [-0.4, -0.2) is 8.96 Å². The predicted molar refractivity (Wildman–Crippen MR) is 114 cm³/mol. The van der Waals surface area contributed by atoms with Crippen molar-refractivity contribution in [3.8, 4) is 17.3 Å². The first-order valence-corrected chi connectivity index (χ1v) is 11.4. The molecule has 0 unspecified atom stereocenters. The van der Waals surface area contributed by atoms with Crippen molar-refractivity contribution in [1.82, 2.24) is 8.96 Å². The van der Waals surface area contributed by atoms with Gasteiger partial charge in [0.05, 0.1) is 16.8 Å². The van der Waals surface area contributed by atoms with Gasteiger partial charge in [0.2, 0.25) is 0 Å². The molecule has 0 aliphatic heterocycles. The molecular formula is C18H18F3IN4S. The molecule has 3 aromatic rings. The van der Waals surface area contributed by atoms with E-state index in [1.165, 1.54) is 10.2 Å². The summed E-state index contributed by atoms with van der Waals surface area (Å²) >= 11 is 1.94. The van der Waals surface area contributed by atoms with Crippen LogP contribution in [0.4, 0.5) is 19.0 Å². The van der Waals surface area contributed by atoms with Crippen molar-refractivity contribution >= 4 is 47.0 Å². The lowest BCUT2D eigenvalue weighted by Gasteiger charge is -2.04. The normalized spacial score (nSPS) is 9.74. The number of anilines is 1. The molecule has 0 spiro atoms. The van der Waals surface area contributed by atoms with Gasteiger partial charge in [0.25, 0.3) is 0 Å². The van der Waals surface area contributed by atoms with Crippen LogP contribution in [0.2, 0.25) is 0 Å². The molecule has 0 atom stereocenters. The molecule has 2 N–H and O–H groups in total. The van der Waals surface area contributed by atoms with Gasteiger partial charge in [-0.25, -0.2) is 18.2 Å². The number of nitrogen functional groups attached to an aromatic ring is 1. The van der Waals surface area contributed by atoms with Gasteiger partial charge in [-0.05, 0) is 12.1 Å². The summed E-state index contributed by atoms with van der Waals surface area (Å²) < 4.78 is 42.7. The lowest BCUT2D eigenvalue weighted by atomic mass is 10.0. The zero-order valence-corrected chi connectivity index (χ0v) is 18.1. The van der Waals surface area contributed by atoms with Crippen LogP contribution in [0.1, 0.15) is 33.3 Å². The fourth-order valence-electron chi connectivity index (χ4n) is 2.28. The van der Waals surface area contributed by atoms with Crippen LogP contribution >= 0.6 is 30.3 Å². The van der Waals surface area contributed by atoms with Crippen molar-refractivity contribution < 1.29 is 13.2 Å². The van der Waals surface area contributed by atoms with E-state index in [0.717, 1.165) is 27.3 Å². The maximum Gasteiger partial charge on any atom is 0.166 e. The number of aromatic nitrogens is 2. The Labute approximate surface area is 172 Å². The number of nitrogens with two attached hydrogens (primary N) is 1. The Morgan fingerprint density at radius 3 is 2.30 bits per heavy atom. The highest BCUT2D eigenvalue weighted by Gasteiger charge is 2.20. The summed E-state index contributed by atoms with van der Waals surface area (Å²) in [6.45, 7) is 8.00. The maximum atomic E-state index is 14.1. The van der Waals surface area contributed by atoms with Crippen molar-refractivity contribution in [3.05, 3.63) is 47.4 Å². The Morgan fingerprint density at radius 2 is 1.74 bits per heavy atom. The monoisotopic (exact) mass is 506 g/mol. The Morgan fingerprint density at radius 1 is 1.11 bits per heavy atom. The van der Waals surface area contributed by atoms with Crippen LogP contribution in [0, 0.1) is 28.8 Å². The minimum Gasteiger partial charge on any atom is -0.381 e. The molecule has 0 bridgehead atoms. The number of hydrogen-bond acceptors (Lipinski definition) is 4. The zero-order valence-electron chi connectivity index (χ0n) is 15.1. The standard InChI is InChI=1S/C14H6F3IN4S.2C2H6/c15-7-2-8-9(5-22(23-18)13(8)10(16)3-7)12-6(4-19)1-11(17)14(20)21-12;2*1-2/h1-3,5H,(H2,20,21);2*1-2H3.